The highest BCUT2D eigenvalue weighted by Crippen LogP contribution is 2.19. The molecule has 0 spiro atoms. The molecule has 0 saturated carbocycles. The van der Waals surface area contributed by atoms with Gasteiger partial charge in [0.05, 0.1) is 6.21 Å². The molecule has 0 radical (unpaired) electrons. The van der Waals surface area contributed by atoms with Crippen molar-refractivity contribution < 1.29 is 9.50 Å². The van der Waals surface area contributed by atoms with Crippen molar-refractivity contribution in [2.45, 2.75) is 0 Å². The van der Waals surface area contributed by atoms with Gasteiger partial charge in [0, 0.05) is 18.2 Å². The zero-order valence-electron chi connectivity index (χ0n) is 11.9. The Morgan fingerprint density at radius 3 is 2.65 bits per heavy atom. The molecule has 1 aliphatic rings. The lowest BCUT2D eigenvalue weighted by Crippen LogP contribution is -2.29. The standard InChI is InChI=1S/C15H11FN4O3/c1-20-14(22)11(13(21)18-15(20)23)6-9-7-17-19-12(9)8-2-4-10(16)5-3-8/h2-7,22H,1H3,(H,18,21,23)/b9-6+. The molecule has 0 amide bonds. The highest BCUT2D eigenvalue weighted by atomic mass is 19.1. The molecule has 8 heteroatoms. The summed E-state index contributed by atoms with van der Waals surface area (Å²) in [5.74, 6) is -0.851. The van der Waals surface area contributed by atoms with Crippen LogP contribution in [0.3, 0.4) is 0 Å². The van der Waals surface area contributed by atoms with Gasteiger partial charge in [-0.15, -0.1) is 5.10 Å². The van der Waals surface area contributed by atoms with Crippen LogP contribution in [0.25, 0.3) is 6.08 Å². The maximum absolute atomic E-state index is 13.0. The van der Waals surface area contributed by atoms with Crippen LogP contribution in [-0.4, -0.2) is 26.6 Å². The van der Waals surface area contributed by atoms with E-state index in [4.69, 9.17) is 0 Å². The average molecular weight is 314 g/mol. The predicted octanol–water partition coefficient (Wildman–Crippen LogP) is 0.790. The Morgan fingerprint density at radius 2 is 1.96 bits per heavy atom. The Kier molecular flexibility index (Phi) is 3.49. The van der Waals surface area contributed by atoms with Gasteiger partial charge in [-0.05, 0) is 30.3 Å². The van der Waals surface area contributed by atoms with Gasteiger partial charge in [0.1, 0.15) is 17.1 Å². The number of H-pyrrole nitrogens is 1. The first-order chi connectivity index (χ1) is 11.0. The van der Waals surface area contributed by atoms with E-state index in [1.165, 1.54) is 43.6 Å². The van der Waals surface area contributed by atoms with E-state index < -0.39 is 17.1 Å². The summed E-state index contributed by atoms with van der Waals surface area (Å²) in [4.78, 5) is 25.4. The van der Waals surface area contributed by atoms with Gasteiger partial charge < -0.3 is 5.11 Å². The molecule has 3 rings (SSSR count). The molecule has 0 saturated heterocycles. The Labute approximate surface area is 128 Å². The van der Waals surface area contributed by atoms with Crippen LogP contribution < -0.4 is 11.2 Å². The van der Waals surface area contributed by atoms with Crippen molar-refractivity contribution in [1.82, 2.24) is 9.55 Å². The molecule has 0 bridgehead atoms. The molecule has 0 atom stereocenters. The number of aromatic amines is 1. The Morgan fingerprint density at radius 1 is 1.26 bits per heavy atom. The zero-order valence-corrected chi connectivity index (χ0v) is 11.9. The van der Waals surface area contributed by atoms with E-state index in [2.05, 4.69) is 15.2 Å². The van der Waals surface area contributed by atoms with Crippen LogP contribution in [0.4, 0.5) is 4.39 Å². The second-order valence-electron chi connectivity index (χ2n) is 4.86. The highest BCUT2D eigenvalue weighted by molar-refractivity contribution is 6.28. The maximum atomic E-state index is 13.0. The quantitative estimate of drug-likeness (QED) is 0.857. The predicted molar refractivity (Wildman–Crippen MR) is 83.4 cm³/mol. The molecule has 0 fully saturated rings. The average Bonchev–Trinajstić information content (AvgIpc) is 2.98. The van der Waals surface area contributed by atoms with Gasteiger partial charge in [0.15, 0.2) is 0 Å². The number of aromatic hydroxyl groups is 1. The summed E-state index contributed by atoms with van der Waals surface area (Å²) in [6.07, 6.45) is 2.77. The van der Waals surface area contributed by atoms with E-state index in [0.29, 0.717) is 16.8 Å². The molecule has 2 N–H and O–H groups in total. The summed E-state index contributed by atoms with van der Waals surface area (Å²) in [5, 5.41) is 17.7. The molecule has 1 aromatic heterocycles. The van der Waals surface area contributed by atoms with E-state index >= 15 is 0 Å². The van der Waals surface area contributed by atoms with Crippen molar-refractivity contribution >= 4 is 18.0 Å². The van der Waals surface area contributed by atoms with E-state index in [1.54, 1.807) is 0 Å². The number of allylic oxidation sites excluding steroid dienone is 1. The van der Waals surface area contributed by atoms with E-state index in [1.807, 2.05) is 0 Å². The van der Waals surface area contributed by atoms with Crippen LogP contribution in [0.1, 0.15) is 11.1 Å². The van der Waals surface area contributed by atoms with Gasteiger partial charge in [-0.2, -0.15) is 5.10 Å². The fourth-order valence-corrected chi connectivity index (χ4v) is 2.12. The van der Waals surface area contributed by atoms with Gasteiger partial charge in [0.2, 0.25) is 5.88 Å². The normalized spacial score (nSPS) is 15.2. The summed E-state index contributed by atoms with van der Waals surface area (Å²) in [6.45, 7) is 0. The summed E-state index contributed by atoms with van der Waals surface area (Å²) < 4.78 is 13.9. The lowest BCUT2D eigenvalue weighted by Gasteiger charge is -2.05. The molecule has 1 aromatic carbocycles. The molecule has 2 aromatic rings. The first-order valence-corrected chi connectivity index (χ1v) is 6.58. The molecular weight excluding hydrogens is 303 g/mol. The Hall–Kier alpha value is -3.29. The Balaban J connectivity index is 2.10. The third-order valence-electron chi connectivity index (χ3n) is 3.37. The van der Waals surface area contributed by atoms with Crippen LogP contribution in [0.2, 0.25) is 0 Å². The summed E-state index contributed by atoms with van der Waals surface area (Å²) >= 11 is 0. The van der Waals surface area contributed by atoms with E-state index in [-0.39, 0.29) is 11.4 Å². The SMILES string of the molecule is Cn1c(O)c(/C=C2\C=NN=C2c2ccc(F)cc2)c(=O)[nH]c1=O. The summed E-state index contributed by atoms with van der Waals surface area (Å²) in [5.41, 5.74) is -0.0473. The fourth-order valence-electron chi connectivity index (χ4n) is 2.12. The van der Waals surface area contributed by atoms with Crippen molar-refractivity contribution in [1.29, 1.82) is 0 Å². The first kappa shape index (κ1) is 14.6. The number of hydrogen-bond donors (Lipinski definition) is 2. The van der Waals surface area contributed by atoms with Crippen LogP contribution in [0.5, 0.6) is 5.88 Å². The molecule has 1 aliphatic heterocycles. The van der Waals surface area contributed by atoms with Crippen molar-refractivity contribution in [2.24, 2.45) is 17.3 Å². The third-order valence-corrected chi connectivity index (χ3v) is 3.37. The van der Waals surface area contributed by atoms with Gasteiger partial charge in [-0.25, -0.2) is 9.18 Å². The van der Waals surface area contributed by atoms with Crippen molar-refractivity contribution in [2.75, 3.05) is 0 Å². The number of halogens is 1. The monoisotopic (exact) mass is 314 g/mol. The van der Waals surface area contributed by atoms with Crippen LogP contribution in [-0.2, 0) is 7.05 Å². The second-order valence-corrected chi connectivity index (χ2v) is 4.86. The molecule has 116 valence electrons. The van der Waals surface area contributed by atoms with Crippen LogP contribution in [0, 0.1) is 5.82 Å². The van der Waals surface area contributed by atoms with Gasteiger partial charge >= 0.3 is 5.69 Å². The number of aromatic nitrogens is 2. The van der Waals surface area contributed by atoms with Gasteiger partial charge in [-0.1, -0.05) is 0 Å². The fraction of sp³-hybridized carbons (Fsp3) is 0.0667. The molecule has 2 heterocycles. The smallest absolute Gasteiger partial charge is 0.330 e. The van der Waals surface area contributed by atoms with Gasteiger partial charge in [0.25, 0.3) is 5.56 Å². The number of benzene rings is 1. The number of rotatable bonds is 2. The molecular formula is C15H11FN4O3. The van der Waals surface area contributed by atoms with Crippen LogP contribution >= 0.6 is 0 Å². The van der Waals surface area contributed by atoms with Crippen molar-refractivity contribution in [3.63, 3.8) is 0 Å². The Bertz CT molecular complexity index is 981. The van der Waals surface area contributed by atoms with E-state index in [9.17, 15) is 19.1 Å². The largest absolute Gasteiger partial charge is 0.494 e. The lowest BCUT2D eigenvalue weighted by atomic mass is 10.0. The minimum absolute atomic E-state index is 0.0924. The number of nitrogens with zero attached hydrogens (tertiary/aromatic N) is 3. The maximum Gasteiger partial charge on any atom is 0.330 e. The lowest BCUT2D eigenvalue weighted by molar-refractivity contribution is 0.416. The second kappa shape index (κ2) is 5.48. The number of hydrogen-bond acceptors (Lipinski definition) is 5. The highest BCUT2D eigenvalue weighted by Gasteiger charge is 2.16. The number of nitrogens with one attached hydrogen (secondary N) is 1. The summed E-state index contributed by atoms with van der Waals surface area (Å²) in [6, 6.07) is 5.62. The molecule has 0 aliphatic carbocycles. The molecule has 0 unspecified atom stereocenters. The minimum Gasteiger partial charge on any atom is -0.494 e. The van der Waals surface area contributed by atoms with Crippen molar-refractivity contribution in [3.8, 4) is 5.88 Å². The van der Waals surface area contributed by atoms with Crippen LogP contribution in [0.15, 0.2) is 49.6 Å². The third kappa shape index (κ3) is 2.61. The molecule has 7 nitrogen and oxygen atoms in total. The first-order valence-electron chi connectivity index (χ1n) is 6.58. The van der Waals surface area contributed by atoms with Gasteiger partial charge in [-0.3, -0.25) is 14.3 Å². The zero-order chi connectivity index (χ0) is 16.6. The molecule has 23 heavy (non-hydrogen) atoms. The summed E-state index contributed by atoms with van der Waals surface area (Å²) in [7, 11) is 1.33. The topological polar surface area (TPSA) is 99.8 Å². The minimum atomic E-state index is -0.725. The van der Waals surface area contributed by atoms with E-state index in [0.717, 1.165) is 4.57 Å². The van der Waals surface area contributed by atoms with Crippen molar-refractivity contribution in [3.05, 3.63) is 67.6 Å².